The van der Waals surface area contributed by atoms with Gasteiger partial charge in [-0.1, -0.05) is 45.4 Å². The van der Waals surface area contributed by atoms with Gasteiger partial charge in [-0.15, -0.1) is 0 Å². The second-order valence-corrected chi connectivity index (χ2v) is 6.24. The predicted octanol–water partition coefficient (Wildman–Crippen LogP) is 3.50. The Balaban J connectivity index is 2.34. The summed E-state index contributed by atoms with van der Waals surface area (Å²) in [7, 11) is 1.56. The van der Waals surface area contributed by atoms with Crippen LogP contribution in [0, 0.1) is 11.8 Å². The molecule has 0 aromatic rings. The summed E-state index contributed by atoms with van der Waals surface area (Å²) in [6.07, 6.45) is 8.98. The van der Waals surface area contributed by atoms with Gasteiger partial charge in [0.2, 0.25) is 0 Å². The fraction of sp³-hybridized carbons (Fsp3) is 0.889. The van der Waals surface area contributed by atoms with Crippen LogP contribution in [0.2, 0.25) is 0 Å². The smallest absolute Gasteiger partial charge is 0.309 e. The number of hydrogen-bond donors (Lipinski definition) is 0. The molecule has 0 saturated heterocycles. The van der Waals surface area contributed by atoms with Gasteiger partial charge >= 0.3 is 11.9 Å². The number of rotatable bonds is 11. The third-order valence-electron chi connectivity index (χ3n) is 4.40. The van der Waals surface area contributed by atoms with Crippen LogP contribution in [0.3, 0.4) is 0 Å². The highest BCUT2D eigenvalue weighted by Crippen LogP contribution is 2.32. The number of esters is 2. The van der Waals surface area contributed by atoms with Crippen molar-refractivity contribution in [2.75, 3.05) is 26.9 Å². The summed E-state index contributed by atoms with van der Waals surface area (Å²) in [5.41, 5.74) is 0. The summed E-state index contributed by atoms with van der Waals surface area (Å²) in [5, 5.41) is 0. The molecule has 0 amide bonds. The average molecular weight is 328 g/mol. The number of unbranched alkanes of at least 4 members (excludes halogenated alkanes) is 4. The minimum absolute atomic E-state index is 0.228. The van der Waals surface area contributed by atoms with Crippen molar-refractivity contribution in [1.29, 1.82) is 0 Å². The van der Waals surface area contributed by atoms with Crippen LogP contribution in [-0.2, 0) is 23.8 Å². The number of hydrogen-bond acceptors (Lipinski definition) is 5. The number of carbonyl (C=O) groups is 2. The monoisotopic (exact) mass is 328 g/mol. The summed E-state index contributed by atoms with van der Waals surface area (Å²) in [6.45, 7) is 3.26. The molecule has 2 unspecified atom stereocenters. The second kappa shape index (κ2) is 12.3. The van der Waals surface area contributed by atoms with Gasteiger partial charge in [-0.25, -0.2) is 0 Å². The maximum Gasteiger partial charge on any atom is 0.309 e. The maximum absolute atomic E-state index is 12.3. The van der Waals surface area contributed by atoms with Crippen LogP contribution in [0.1, 0.15) is 64.7 Å². The fourth-order valence-electron chi connectivity index (χ4n) is 3.01. The number of methoxy groups -OCH3 is 1. The van der Waals surface area contributed by atoms with Crippen LogP contribution in [0.4, 0.5) is 0 Å². The van der Waals surface area contributed by atoms with Crippen LogP contribution < -0.4 is 0 Å². The average Bonchev–Trinajstić information content (AvgIpc) is 2.58. The molecule has 1 fully saturated rings. The van der Waals surface area contributed by atoms with Crippen molar-refractivity contribution >= 4 is 11.9 Å². The van der Waals surface area contributed by atoms with E-state index in [9.17, 15) is 9.59 Å². The Morgan fingerprint density at radius 2 is 1.39 bits per heavy atom. The Hall–Kier alpha value is -1.10. The van der Waals surface area contributed by atoms with Crippen molar-refractivity contribution in [1.82, 2.24) is 0 Å². The molecule has 0 N–H and O–H groups in total. The van der Waals surface area contributed by atoms with Gasteiger partial charge in [0.25, 0.3) is 0 Å². The Labute approximate surface area is 140 Å². The standard InChI is InChI=1S/C18H32O5/c1-3-4-5-6-9-12-22-17(19)15-10-7-8-11-16(15)18(20)23-14-13-21-2/h15-16H,3-14H2,1-2H3. The van der Waals surface area contributed by atoms with E-state index in [-0.39, 0.29) is 30.4 Å². The van der Waals surface area contributed by atoms with E-state index in [0.29, 0.717) is 19.6 Å². The molecule has 0 aromatic carbocycles. The first kappa shape index (κ1) is 19.9. The second-order valence-electron chi connectivity index (χ2n) is 6.24. The lowest BCUT2D eigenvalue weighted by molar-refractivity contribution is -0.163. The largest absolute Gasteiger partial charge is 0.465 e. The van der Waals surface area contributed by atoms with E-state index >= 15 is 0 Å². The molecular weight excluding hydrogens is 296 g/mol. The Kier molecular flexibility index (Phi) is 10.7. The molecule has 0 heterocycles. The topological polar surface area (TPSA) is 61.8 Å². The van der Waals surface area contributed by atoms with Crippen LogP contribution in [0.15, 0.2) is 0 Å². The molecule has 0 spiro atoms. The lowest BCUT2D eigenvalue weighted by Crippen LogP contribution is -2.35. The lowest BCUT2D eigenvalue weighted by Gasteiger charge is -2.28. The third-order valence-corrected chi connectivity index (χ3v) is 4.40. The summed E-state index contributed by atoms with van der Waals surface area (Å²) in [4.78, 5) is 24.4. The van der Waals surface area contributed by atoms with E-state index in [1.54, 1.807) is 7.11 Å². The molecule has 1 aliphatic rings. The molecule has 0 aliphatic heterocycles. The van der Waals surface area contributed by atoms with Gasteiger partial charge in [0.05, 0.1) is 25.0 Å². The Morgan fingerprint density at radius 1 is 0.826 bits per heavy atom. The molecule has 0 radical (unpaired) electrons. The van der Waals surface area contributed by atoms with Crippen molar-refractivity contribution in [3.63, 3.8) is 0 Å². The van der Waals surface area contributed by atoms with E-state index in [0.717, 1.165) is 32.1 Å². The van der Waals surface area contributed by atoms with Crippen molar-refractivity contribution in [3.05, 3.63) is 0 Å². The van der Waals surface area contributed by atoms with Crippen LogP contribution in [0.25, 0.3) is 0 Å². The number of ether oxygens (including phenoxy) is 3. The molecule has 2 atom stereocenters. The summed E-state index contributed by atoms with van der Waals surface area (Å²) in [6, 6.07) is 0. The van der Waals surface area contributed by atoms with Crippen molar-refractivity contribution < 1.29 is 23.8 Å². The predicted molar refractivity (Wildman–Crippen MR) is 88.0 cm³/mol. The van der Waals surface area contributed by atoms with Crippen LogP contribution in [-0.4, -0.2) is 38.9 Å². The van der Waals surface area contributed by atoms with Crippen LogP contribution in [0.5, 0.6) is 0 Å². The first-order valence-corrected chi connectivity index (χ1v) is 9.03. The zero-order valence-electron chi connectivity index (χ0n) is 14.7. The molecule has 0 aromatic heterocycles. The van der Waals surface area contributed by atoms with E-state index in [2.05, 4.69) is 6.92 Å². The fourth-order valence-corrected chi connectivity index (χ4v) is 3.01. The summed E-state index contributed by atoms with van der Waals surface area (Å²) in [5.74, 6) is -1.21. The third kappa shape index (κ3) is 7.82. The maximum atomic E-state index is 12.3. The lowest BCUT2D eigenvalue weighted by atomic mass is 9.79. The van der Waals surface area contributed by atoms with E-state index in [1.807, 2.05) is 0 Å². The molecule has 1 aliphatic carbocycles. The number of carbonyl (C=O) groups excluding carboxylic acids is 2. The molecular formula is C18H32O5. The molecule has 1 saturated carbocycles. The molecule has 134 valence electrons. The van der Waals surface area contributed by atoms with Gasteiger partial charge in [0.15, 0.2) is 0 Å². The molecule has 5 heteroatoms. The van der Waals surface area contributed by atoms with E-state index in [1.165, 1.54) is 19.3 Å². The quantitative estimate of drug-likeness (QED) is 0.429. The van der Waals surface area contributed by atoms with E-state index in [4.69, 9.17) is 14.2 Å². The van der Waals surface area contributed by atoms with Gasteiger partial charge in [-0.05, 0) is 19.3 Å². The summed E-state index contributed by atoms with van der Waals surface area (Å²) >= 11 is 0. The van der Waals surface area contributed by atoms with Gasteiger partial charge in [0.1, 0.15) is 6.61 Å². The van der Waals surface area contributed by atoms with Gasteiger partial charge in [0, 0.05) is 7.11 Å². The molecule has 5 nitrogen and oxygen atoms in total. The highest BCUT2D eigenvalue weighted by molar-refractivity contribution is 5.82. The minimum atomic E-state index is -0.354. The van der Waals surface area contributed by atoms with Crippen molar-refractivity contribution in [3.8, 4) is 0 Å². The molecule has 1 rings (SSSR count). The van der Waals surface area contributed by atoms with Crippen LogP contribution >= 0.6 is 0 Å². The Bertz CT molecular complexity index is 342. The SMILES string of the molecule is CCCCCCCOC(=O)C1CCCCC1C(=O)OCCOC. The molecule has 0 bridgehead atoms. The Morgan fingerprint density at radius 3 is 1.96 bits per heavy atom. The van der Waals surface area contributed by atoms with Gasteiger partial charge < -0.3 is 14.2 Å². The van der Waals surface area contributed by atoms with Crippen molar-refractivity contribution in [2.24, 2.45) is 11.8 Å². The van der Waals surface area contributed by atoms with Gasteiger partial charge in [-0.3, -0.25) is 9.59 Å². The highest BCUT2D eigenvalue weighted by atomic mass is 16.6. The zero-order chi connectivity index (χ0) is 16.9. The van der Waals surface area contributed by atoms with Gasteiger partial charge in [-0.2, -0.15) is 0 Å². The van der Waals surface area contributed by atoms with E-state index < -0.39 is 0 Å². The zero-order valence-corrected chi connectivity index (χ0v) is 14.7. The highest BCUT2D eigenvalue weighted by Gasteiger charge is 2.37. The van der Waals surface area contributed by atoms with Crippen molar-refractivity contribution in [2.45, 2.75) is 64.7 Å². The molecule has 23 heavy (non-hydrogen) atoms. The normalized spacial score (nSPS) is 21.0. The first-order valence-electron chi connectivity index (χ1n) is 9.03. The first-order chi connectivity index (χ1) is 11.2. The summed E-state index contributed by atoms with van der Waals surface area (Å²) < 4.78 is 15.5. The minimum Gasteiger partial charge on any atom is -0.465 e.